The average molecular weight is 267 g/mol. The molecule has 2 fully saturated rings. The van der Waals surface area contributed by atoms with Gasteiger partial charge in [-0.2, -0.15) is 0 Å². The van der Waals surface area contributed by atoms with Crippen molar-refractivity contribution in [3.63, 3.8) is 0 Å². The second-order valence-corrected chi connectivity index (χ2v) is 7.06. The molecule has 2 aliphatic rings. The van der Waals surface area contributed by atoms with Gasteiger partial charge in [0.05, 0.1) is 0 Å². The summed E-state index contributed by atoms with van der Waals surface area (Å²) in [4.78, 5) is 17.1. The number of carbonyl (C=O) groups is 1. The molecule has 0 aromatic rings. The van der Waals surface area contributed by atoms with E-state index in [0.717, 1.165) is 39.1 Å². The van der Waals surface area contributed by atoms with E-state index < -0.39 is 0 Å². The average Bonchev–Trinajstić information content (AvgIpc) is 2.65. The Morgan fingerprint density at radius 3 is 2.53 bits per heavy atom. The Morgan fingerprint density at radius 1 is 1.32 bits per heavy atom. The Kier molecular flexibility index (Phi) is 4.51. The Hall–Kier alpha value is -0.610. The molecule has 4 heteroatoms. The maximum Gasteiger partial charge on any atom is 0.223 e. The molecule has 2 aliphatic heterocycles. The van der Waals surface area contributed by atoms with E-state index in [9.17, 15) is 4.79 Å². The summed E-state index contributed by atoms with van der Waals surface area (Å²) in [6, 6.07) is 0.549. The first-order valence-corrected chi connectivity index (χ1v) is 7.65. The van der Waals surface area contributed by atoms with Gasteiger partial charge in [-0.05, 0) is 26.2 Å². The van der Waals surface area contributed by atoms with Crippen molar-refractivity contribution < 1.29 is 4.79 Å². The number of nitrogens with zero attached hydrogens (tertiary/aromatic N) is 2. The van der Waals surface area contributed by atoms with Crippen LogP contribution in [0.15, 0.2) is 0 Å². The normalized spacial score (nSPS) is 28.1. The van der Waals surface area contributed by atoms with Crippen LogP contribution in [0, 0.1) is 5.92 Å². The summed E-state index contributed by atoms with van der Waals surface area (Å²) in [5.74, 6) is 0.777. The summed E-state index contributed by atoms with van der Waals surface area (Å²) in [7, 11) is 0. The van der Waals surface area contributed by atoms with Crippen molar-refractivity contribution in [2.75, 3.05) is 32.7 Å². The van der Waals surface area contributed by atoms with E-state index in [1.165, 1.54) is 0 Å². The highest BCUT2D eigenvalue weighted by atomic mass is 16.2. The lowest BCUT2D eigenvalue weighted by Crippen LogP contribution is -2.49. The Balaban J connectivity index is 1.99. The molecule has 0 aliphatic carbocycles. The van der Waals surface area contributed by atoms with Crippen molar-refractivity contribution in [1.82, 2.24) is 15.1 Å². The van der Waals surface area contributed by atoms with E-state index in [-0.39, 0.29) is 5.54 Å². The van der Waals surface area contributed by atoms with E-state index >= 15 is 0 Å². The van der Waals surface area contributed by atoms with Crippen LogP contribution in [0.3, 0.4) is 0 Å². The van der Waals surface area contributed by atoms with E-state index in [1.807, 2.05) is 0 Å². The number of hydrogen-bond donors (Lipinski definition) is 1. The smallest absolute Gasteiger partial charge is 0.223 e. The molecule has 2 saturated heterocycles. The first-order valence-electron chi connectivity index (χ1n) is 7.65. The largest absolute Gasteiger partial charge is 0.336 e. The van der Waals surface area contributed by atoms with Gasteiger partial charge in [-0.25, -0.2) is 0 Å². The Bertz CT molecular complexity index is 321. The van der Waals surface area contributed by atoms with Crippen LogP contribution in [0.2, 0.25) is 0 Å². The van der Waals surface area contributed by atoms with Crippen LogP contribution in [-0.2, 0) is 4.79 Å². The molecule has 19 heavy (non-hydrogen) atoms. The van der Waals surface area contributed by atoms with Crippen LogP contribution in [0.25, 0.3) is 0 Å². The highest BCUT2D eigenvalue weighted by Crippen LogP contribution is 2.32. The molecule has 0 aromatic heterocycles. The zero-order valence-electron chi connectivity index (χ0n) is 12.9. The lowest BCUT2D eigenvalue weighted by molar-refractivity contribution is -0.135. The molecule has 0 radical (unpaired) electrons. The molecule has 1 atom stereocenters. The minimum absolute atomic E-state index is 0.0154. The van der Waals surface area contributed by atoms with Crippen LogP contribution in [0.4, 0.5) is 0 Å². The summed E-state index contributed by atoms with van der Waals surface area (Å²) in [5.41, 5.74) is 0.0154. The lowest BCUT2D eigenvalue weighted by Gasteiger charge is -2.32. The van der Waals surface area contributed by atoms with Crippen molar-refractivity contribution in [1.29, 1.82) is 0 Å². The van der Waals surface area contributed by atoms with Crippen molar-refractivity contribution in [2.45, 2.75) is 52.1 Å². The first kappa shape index (κ1) is 14.8. The van der Waals surface area contributed by atoms with Crippen LogP contribution in [0.1, 0.15) is 40.5 Å². The van der Waals surface area contributed by atoms with Crippen molar-refractivity contribution in [3.05, 3.63) is 0 Å². The molecular formula is C15H29N3O. The fourth-order valence-corrected chi connectivity index (χ4v) is 3.40. The van der Waals surface area contributed by atoms with Crippen molar-refractivity contribution in [2.24, 2.45) is 5.92 Å². The standard InChI is InChI=1S/C15H29N3O/c1-12(2)9-14(19)18-11-13(10-15(18,3)4)17-7-5-16-6-8-17/h12-13,16H,5-11H2,1-4H3. The third-order valence-corrected chi connectivity index (χ3v) is 4.41. The minimum Gasteiger partial charge on any atom is -0.336 e. The number of hydrogen-bond acceptors (Lipinski definition) is 3. The SMILES string of the molecule is CC(C)CC(=O)N1CC(N2CCNCC2)CC1(C)C. The van der Waals surface area contributed by atoms with Gasteiger partial charge >= 0.3 is 0 Å². The van der Waals surface area contributed by atoms with Gasteiger partial charge in [-0.15, -0.1) is 0 Å². The Labute approximate surface area is 117 Å². The zero-order chi connectivity index (χ0) is 14.0. The molecule has 110 valence electrons. The number of amides is 1. The van der Waals surface area contributed by atoms with Gasteiger partial charge in [-0.3, -0.25) is 9.69 Å². The summed E-state index contributed by atoms with van der Waals surface area (Å²) in [6.45, 7) is 14.0. The monoisotopic (exact) mass is 267 g/mol. The van der Waals surface area contributed by atoms with Crippen molar-refractivity contribution in [3.8, 4) is 0 Å². The van der Waals surface area contributed by atoms with Gasteiger partial charge in [0.2, 0.25) is 5.91 Å². The lowest BCUT2D eigenvalue weighted by atomic mass is 9.98. The van der Waals surface area contributed by atoms with E-state index in [1.54, 1.807) is 0 Å². The molecule has 2 heterocycles. The molecule has 1 N–H and O–H groups in total. The number of piperazine rings is 1. The predicted molar refractivity (Wildman–Crippen MR) is 78.1 cm³/mol. The van der Waals surface area contributed by atoms with Gasteiger partial charge in [0.15, 0.2) is 0 Å². The molecule has 0 spiro atoms. The molecule has 0 bridgehead atoms. The topological polar surface area (TPSA) is 35.6 Å². The third kappa shape index (κ3) is 3.48. The summed E-state index contributed by atoms with van der Waals surface area (Å²) < 4.78 is 0. The molecule has 2 rings (SSSR count). The van der Waals surface area contributed by atoms with Crippen LogP contribution in [-0.4, -0.2) is 60.0 Å². The number of likely N-dealkylation sites (tertiary alicyclic amines) is 1. The van der Waals surface area contributed by atoms with Gasteiger partial charge in [0.1, 0.15) is 0 Å². The number of nitrogens with one attached hydrogen (secondary N) is 1. The van der Waals surface area contributed by atoms with Gasteiger partial charge < -0.3 is 10.2 Å². The number of rotatable bonds is 3. The van der Waals surface area contributed by atoms with Crippen LogP contribution < -0.4 is 5.32 Å². The summed E-state index contributed by atoms with van der Waals surface area (Å²) >= 11 is 0. The van der Waals surface area contributed by atoms with E-state index in [0.29, 0.717) is 24.3 Å². The predicted octanol–water partition coefficient (Wildman–Crippen LogP) is 1.32. The van der Waals surface area contributed by atoms with Gasteiger partial charge in [0.25, 0.3) is 0 Å². The van der Waals surface area contributed by atoms with Crippen LogP contribution >= 0.6 is 0 Å². The number of carbonyl (C=O) groups excluding carboxylic acids is 1. The van der Waals surface area contributed by atoms with Gasteiger partial charge in [-0.1, -0.05) is 13.8 Å². The quantitative estimate of drug-likeness (QED) is 0.837. The molecule has 0 saturated carbocycles. The fourth-order valence-electron chi connectivity index (χ4n) is 3.40. The maximum absolute atomic E-state index is 12.4. The fraction of sp³-hybridized carbons (Fsp3) is 0.933. The first-order chi connectivity index (χ1) is 8.90. The molecular weight excluding hydrogens is 238 g/mol. The second kappa shape index (κ2) is 5.80. The second-order valence-electron chi connectivity index (χ2n) is 7.06. The molecule has 0 aromatic carbocycles. The Morgan fingerprint density at radius 2 is 1.95 bits per heavy atom. The van der Waals surface area contributed by atoms with E-state index in [4.69, 9.17) is 0 Å². The van der Waals surface area contributed by atoms with Crippen molar-refractivity contribution >= 4 is 5.91 Å². The summed E-state index contributed by atoms with van der Waals surface area (Å²) in [5, 5.41) is 3.40. The molecule has 1 amide bonds. The third-order valence-electron chi connectivity index (χ3n) is 4.41. The van der Waals surface area contributed by atoms with E-state index in [2.05, 4.69) is 42.8 Å². The molecule has 4 nitrogen and oxygen atoms in total. The highest BCUT2D eigenvalue weighted by Gasteiger charge is 2.43. The summed E-state index contributed by atoms with van der Waals surface area (Å²) in [6.07, 6.45) is 1.79. The highest BCUT2D eigenvalue weighted by molar-refractivity contribution is 5.77. The van der Waals surface area contributed by atoms with Crippen LogP contribution in [0.5, 0.6) is 0 Å². The zero-order valence-corrected chi connectivity index (χ0v) is 12.9. The minimum atomic E-state index is 0.0154. The maximum atomic E-state index is 12.4. The molecule has 1 unspecified atom stereocenters. The van der Waals surface area contributed by atoms with Gasteiger partial charge in [0, 0.05) is 50.7 Å².